The lowest BCUT2D eigenvalue weighted by Gasteiger charge is -2.09. The summed E-state index contributed by atoms with van der Waals surface area (Å²) >= 11 is 0. The highest BCUT2D eigenvalue weighted by atomic mass is 16.2. The molecule has 0 radical (unpaired) electrons. The van der Waals surface area contributed by atoms with Crippen LogP contribution in [-0.4, -0.2) is 11.8 Å². The van der Waals surface area contributed by atoms with Crippen molar-refractivity contribution in [2.75, 3.05) is 5.32 Å². The van der Waals surface area contributed by atoms with Gasteiger partial charge in [-0.3, -0.25) is 9.59 Å². The Labute approximate surface area is 152 Å². The van der Waals surface area contributed by atoms with Crippen LogP contribution in [0.1, 0.15) is 31.8 Å². The topological polar surface area (TPSA) is 58.2 Å². The van der Waals surface area contributed by atoms with Crippen molar-refractivity contribution in [1.82, 2.24) is 5.32 Å². The fraction of sp³-hybridized carbons (Fsp3) is 0.0909. The molecule has 2 amide bonds. The molecule has 4 heteroatoms. The first-order valence-corrected chi connectivity index (χ1v) is 8.42. The fourth-order valence-electron chi connectivity index (χ4n) is 2.58. The Hall–Kier alpha value is -3.40. The van der Waals surface area contributed by atoms with E-state index >= 15 is 0 Å². The van der Waals surface area contributed by atoms with Gasteiger partial charge in [0.15, 0.2) is 0 Å². The molecule has 4 nitrogen and oxygen atoms in total. The van der Waals surface area contributed by atoms with Gasteiger partial charge in [-0.25, -0.2) is 0 Å². The molecule has 0 saturated heterocycles. The maximum absolute atomic E-state index is 12.3. The van der Waals surface area contributed by atoms with Gasteiger partial charge in [0.25, 0.3) is 11.8 Å². The molecular weight excluding hydrogens is 324 g/mol. The highest BCUT2D eigenvalue weighted by molar-refractivity contribution is 6.05. The zero-order valence-electron chi connectivity index (χ0n) is 14.5. The number of amides is 2. The van der Waals surface area contributed by atoms with Crippen molar-refractivity contribution < 1.29 is 9.59 Å². The van der Waals surface area contributed by atoms with Crippen molar-refractivity contribution in [3.8, 4) is 0 Å². The smallest absolute Gasteiger partial charge is 0.255 e. The summed E-state index contributed by atoms with van der Waals surface area (Å²) in [4.78, 5) is 24.5. The van der Waals surface area contributed by atoms with E-state index in [-0.39, 0.29) is 11.8 Å². The van der Waals surface area contributed by atoms with Gasteiger partial charge in [0.05, 0.1) is 0 Å². The molecule has 26 heavy (non-hydrogen) atoms. The first-order chi connectivity index (χ1) is 12.6. The molecule has 2 N–H and O–H groups in total. The molecule has 130 valence electrons. The molecule has 0 bridgehead atoms. The van der Waals surface area contributed by atoms with Gasteiger partial charge >= 0.3 is 0 Å². The minimum absolute atomic E-state index is 0.164. The van der Waals surface area contributed by atoms with E-state index in [0.29, 0.717) is 17.7 Å². The predicted molar refractivity (Wildman–Crippen MR) is 103 cm³/mol. The number of hydrogen-bond acceptors (Lipinski definition) is 2. The van der Waals surface area contributed by atoms with Crippen LogP contribution in [0.4, 0.5) is 5.69 Å². The maximum atomic E-state index is 12.3. The Morgan fingerprint density at radius 2 is 1.31 bits per heavy atom. The van der Waals surface area contributed by atoms with Crippen LogP contribution in [0.25, 0.3) is 0 Å². The summed E-state index contributed by atoms with van der Waals surface area (Å²) in [6.07, 6.45) is 0. The summed E-state index contributed by atoms with van der Waals surface area (Å²) in [5.41, 5.74) is 3.98. The average Bonchev–Trinajstić information content (AvgIpc) is 2.68. The molecule has 0 heterocycles. The number of hydrogen-bond donors (Lipinski definition) is 2. The lowest BCUT2D eigenvalue weighted by atomic mass is 10.1. The molecule has 0 unspecified atom stereocenters. The third-order valence-corrected chi connectivity index (χ3v) is 4.14. The van der Waals surface area contributed by atoms with Crippen LogP contribution in [0.5, 0.6) is 0 Å². The standard InChI is InChI=1S/C22H20N2O2/c1-16-7-5-6-8-19(16)15-23-21(25)17-11-13-18(14-12-17)22(26)24-20-9-3-2-4-10-20/h2-14H,15H2,1H3,(H,23,25)(H,24,26). The lowest BCUT2D eigenvalue weighted by Crippen LogP contribution is -2.23. The Morgan fingerprint density at radius 1 is 0.731 bits per heavy atom. The van der Waals surface area contributed by atoms with Crippen LogP contribution in [0.15, 0.2) is 78.9 Å². The second kappa shape index (κ2) is 8.12. The molecule has 0 aliphatic carbocycles. The third kappa shape index (κ3) is 4.36. The van der Waals surface area contributed by atoms with Crippen molar-refractivity contribution in [3.63, 3.8) is 0 Å². The maximum Gasteiger partial charge on any atom is 0.255 e. The molecule has 0 aliphatic heterocycles. The van der Waals surface area contributed by atoms with E-state index in [2.05, 4.69) is 10.6 Å². The molecule has 0 aliphatic rings. The minimum atomic E-state index is -0.205. The molecule has 3 aromatic carbocycles. The normalized spacial score (nSPS) is 10.2. The first kappa shape index (κ1) is 17.4. The second-order valence-corrected chi connectivity index (χ2v) is 6.01. The van der Waals surface area contributed by atoms with E-state index in [1.54, 1.807) is 24.3 Å². The van der Waals surface area contributed by atoms with Gasteiger partial charge in [-0.15, -0.1) is 0 Å². The lowest BCUT2D eigenvalue weighted by molar-refractivity contribution is 0.0949. The van der Waals surface area contributed by atoms with E-state index in [1.165, 1.54) is 0 Å². The number of aryl methyl sites for hydroxylation is 1. The molecule has 0 fully saturated rings. The average molecular weight is 344 g/mol. The first-order valence-electron chi connectivity index (χ1n) is 8.42. The molecular formula is C22H20N2O2. The van der Waals surface area contributed by atoms with Crippen molar-refractivity contribution in [2.24, 2.45) is 0 Å². The van der Waals surface area contributed by atoms with Gasteiger partial charge in [0.1, 0.15) is 0 Å². The summed E-state index contributed by atoms with van der Waals surface area (Å²) in [6.45, 7) is 2.49. The van der Waals surface area contributed by atoms with Crippen LogP contribution >= 0.6 is 0 Å². The zero-order chi connectivity index (χ0) is 18.4. The zero-order valence-corrected chi connectivity index (χ0v) is 14.5. The number of anilines is 1. The van der Waals surface area contributed by atoms with Crippen LogP contribution in [0, 0.1) is 6.92 Å². The molecule has 3 aromatic rings. The number of carbonyl (C=O) groups is 2. The SMILES string of the molecule is Cc1ccccc1CNC(=O)c1ccc(C(=O)Nc2ccccc2)cc1. The number of benzene rings is 3. The van der Waals surface area contributed by atoms with Gasteiger partial charge in [-0.1, -0.05) is 42.5 Å². The fourth-order valence-corrected chi connectivity index (χ4v) is 2.58. The summed E-state index contributed by atoms with van der Waals surface area (Å²) in [5, 5.41) is 5.73. The largest absolute Gasteiger partial charge is 0.348 e. The summed E-state index contributed by atoms with van der Waals surface area (Å²) in [6, 6.07) is 23.8. The van der Waals surface area contributed by atoms with Gasteiger partial charge in [-0.2, -0.15) is 0 Å². The van der Waals surface area contributed by atoms with E-state index < -0.39 is 0 Å². The highest BCUT2D eigenvalue weighted by Gasteiger charge is 2.09. The van der Waals surface area contributed by atoms with Gasteiger partial charge in [0, 0.05) is 23.4 Å². The summed E-state index contributed by atoms with van der Waals surface area (Å²) in [7, 11) is 0. The number of carbonyl (C=O) groups excluding carboxylic acids is 2. The number of rotatable bonds is 5. The summed E-state index contributed by atoms with van der Waals surface area (Å²) < 4.78 is 0. The van der Waals surface area contributed by atoms with Crippen molar-refractivity contribution >= 4 is 17.5 Å². The monoisotopic (exact) mass is 344 g/mol. The third-order valence-electron chi connectivity index (χ3n) is 4.14. The Kier molecular flexibility index (Phi) is 5.44. The van der Waals surface area contributed by atoms with Crippen molar-refractivity contribution in [3.05, 3.63) is 101 Å². The van der Waals surface area contributed by atoms with E-state index in [1.807, 2.05) is 61.5 Å². The van der Waals surface area contributed by atoms with Gasteiger partial charge in [0.2, 0.25) is 0 Å². The summed E-state index contributed by atoms with van der Waals surface area (Å²) in [5.74, 6) is -0.369. The Bertz CT molecular complexity index is 903. The van der Waals surface area contributed by atoms with Crippen molar-refractivity contribution in [1.29, 1.82) is 0 Å². The van der Waals surface area contributed by atoms with Crippen molar-refractivity contribution in [2.45, 2.75) is 13.5 Å². The highest BCUT2D eigenvalue weighted by Crippen LogP contribution is 2.11. The number of nitrogens with one attached hydrogen (secondary N) is 2. The second-order valence-electron chi connectivity index (χ2n) is 6.01. The minimum Gasteiger partial charge on any atom is -0.348 e. The molecule has 0 atom stereocenters. The van der Waals surface area contributed by atoms with Gasteiger partial charge in [-0.05, 0) is 54.4 Å². The van der Waals surface area contributed by atoms with Crippen LogP contribution in [-0.2, 0) is 6.54 Å². The van der Waals surface area contributed by atoms with Gasteiger partial charge < -0.3 is 10.6 Å². The van der Waals surface area contributed by atoms with Crippen LogP contribution < -0.4 is 10.6 Å². The quantitative estimate of drug-likeness (QED) is 0.729. The number of para-hydroxylation sites is 1. The van der Waals surface area contributed by atoms with E-state index in [0.717, 1.165) is 16.8 Å². The van der Waals surface area contributed by atoms with E-state index in [9.17, 15) is 9.59 Å². The Balaban J connectivity index is 1.61. The van der Waals surface area contributed by atoms with E-state index in [4.69, 9.17) is 0 Å². The van der Waals surface area contributed by atoms with Crippen LogP contribution in [0.3, 0.4) is 0 Å². The molecule has 0 spiro atoms. The Morgan fingerprint density at radius 3 is 1.96 bits per heavy atom. The molecule has 0 saturated carbocycles. The predicted octanol–water partition coefficient (Wildman–Crippen LogP) is 4.18. The molecule has 0 aromatic heterocycles. The van der Waals surface area contributed by atoms with Crippen LogP contribution in [0.2, 0.25) is 0 Å². The molecule has 3 rings (SSSR count).